The molecular formula is C18H23NOS. The molecule has 0 fully saturated rings. The lowest BCUT2D eigenvalue weighted by Gasteiger charge is -2.14. The number of nitrogens with two attached hydrogens (primary N) is 1. The van der Waals surface area contributed by atoms with E-state index in [0.29, 0.717) is 0 Å². The average molecular weight is 301 g/mol. The van der Waals surface area contributed by atoms with Crippen LogP contribution in [0.2, 0.25) is 0 Å². The fourth-order valence-electron chi connectivity index (χ4n) is 3.12. The quantitative estimate of drug-likeness (QED) is 0.854. The topological polar surface area (TPSA) is 35.2 Å². The first-order valence-corrected chi connectivity index (χ1v) is 8.52. The summed E-state index contributed by atoms with van der Waals surface area (Å²) in [5, 5.41) is 0. The van der Waals surface area contributed by atoms with E-state index in [1.165, 1.54) is 53.7 Å². The van der Waals surface area contributed by atoms with Crippen LogP contribution in [-0.2, 0) is 12.8 Å². The third-order valence-electron chi connectivity index (χ3n) is 4.38. The molecule has 1 aromatic carbocycles. The van der Waals surface area contributed by atoms with Crippen LogP contribution in [0.1, 0.15) is 51.7 Å². The molecule has 0 saturated carbocycles. The van der Waals surface area contributed by atoms with Crippen molar-refractivity contribution in [2.24, 2.45) is 5.73 Å². The van der Waals surface area contributed by atoms with Gasteiger partial charge in [0.2, 0.25) is 0 Å². The largest absolute Gasteiger partial charge is 0.497 e. The number of aryl methyl sites for hydroxylation is 3. The molecule has 0 amide bonds. The summed E-state index contributed by atoms with van der Waals surface area (Å²) in [6.45, 7) is 2.11. The van der Waals surface area contributed by atoms with Gasteiger partial charge in [0, 0.05) is 9.75 Å². The van der Waals surface area contributed by atoms with Gasteiger partial charge in [0.25, 0.3) is 0 Å². The summed E-state index contributed by atoms with van der Waals surface area (Å²) in [6, 6.07) is 8.49. The van der Waals surface area contributed by atoms with Gasteiger partial charge in [-0.05, 0) is 67.5 Å². The maximum absolute atomic E-state index is 6.53. The van der Waals surface area contributed by atoms with E-state index in [1.807, 2.05) is 17.4 Å². The Morgan fingerprint density at radius 2 is 1.95 bits per heavy atom. The van der Waals surface area contributed by atoms with Crippen molar-refractivity contribution in [1.82, 2.24) is 0 Å². The molecule has 1 aromatic heterocycles. The van der Waals surface area contributed by atoms with Gasteiger partial charge < -0.3 is 10.5 Å². The molecule has 21 heavy (non-hydrogen) atoms. The first kappa shape index (κ1) is 14.6. The highest BCUT2D eigenvalue weighted by atomic mass is 32.1. The molecule has 0 spiro atoms. The van der Waals surface area contributed by atoms with E-state index in [1.54, 1.807) is 12.0 Å². The lowest BCUT2D eigenvalue weighted by molar-refractivity contribution is 0.414. The van der Waals surface area contributed by atoms with E-state index in [4.69, 9.17) is 10.5 Å². The minimum atomic E-state index is -0.0205. The molecule has 1 atom stereocenters. The predicted octanol–water partition coefficient (Wildman–Crippen LogP) is 4.38. The van der Waals surface area contributed by atoms with Gasteiger partial charge in [0.05, 0.1) is 13.2 Å². The summed E-state index contributed by atoms with van der Waals surface area (Å²) in [6.07, 6.45) is 6.46. The second-order valence-corrected chi connectivity index (χ2v) is 7.03. The molecule has 1 heterocycles. The number of benzene rings is 1. The van der Waals surface area contributed by atoms with Crippen LogP contribution in [-0.4, -0.2) is 7.11 Å². The minimum Gasteiger partial charge on any atom is -0.497 e. The van der Waals surface area contributed by atoms with Gasteiger partial charge in [-0.1, -0.05) is 12.5 Å². The SMILES string of the molecule is COc1ccc(C(N)c2cc3c(s2)CCCCC3)c(C)c1. The first-order valence-electron chi connectivity index (χ1n) is 7.70. The summed E-state index contributed by atoms with van der Waals surface area (Å²) in [5.74, 6) is 0.894. The van der Waals surface area contributed by atoms with E-state index in [-0.39, 0.29) is 6.04 Å². The van der Waals surface area contributed by atoms with Crippen LogP contribution in [0.15, 0.2) is 24.3 Å². The number of hydrogen-bond acceptors (Lipinski definition) is 3. The van der Waals surface area contributed by atoms with Crippen LogP contribution in [0, 0.1) is 6.92 Å². The van der Waals surface area contributed by atoms with Crippen molar-refractivity contribution < 1.29 is 4.74 Å². The van der Waals surface area contributed by atoms with Gasteiger partial charge in [0.1, 0.15) is 5.75 Å². The normalized spacial score (nSPS) is 16.1. The molecule has 3 heteroatoms. The molecule has 0 bridgehead atoms. The lowest BCUT2D eigenvalue weighted by Crippen LogP contribution is -2.11. The zero-order chi connectivity index (χ0) is 14.8. The van der Waals surface area contributed by atoms with Crippen LogP contribution in [0.25, 0.3) is 0 Å². The highest BCUT2D eigenvalue weighted by Gasteiger charge is 2.18. The Bertz CT molecular complexity index is 609. The fraction of sp³-hybridized carbons (Fsp3) is 0.444. The van der Waals surface area contributed by atoms with E-state index < -0.39 is 0 Å². The average Bonchev–Trinajstić information content (AvgIpc) is 2.77. The first-order chi connectivity index (χ1) is 10.2. The van der Waals surface area contributed by atoms with E-state index in [2.05, 4.69) is 25.1 Å². The summed E-state index contributed by atoms with van der Waals surface area (Å²) in [4.78, 5) is 2.86. The van der Waals surface area contributed by atoms with E-state index in [0.717, 1.165) is 5.75 Å². The Labute approximate surface area is 130 Å². The molecule has 2 nitrogen and oxygen atoms in total. The second kappa shape index (κ2) is 6.20. The van der Waals surface area contributed by atoms with Crippen molar-refractivity contribution in [2.45, 2.75) is 45.1 Å². The zero-order valence-electron chi connectivity index (χ0n) is 12.8. The van der Waals surface area contributed by atoms with E-state index in [9.17, 15) is 0 Å². The Morgan fingerprint density at radius 1 is 1.14 bits per heavy atom. The standard InChI is InChI=1S/C18H23NOS/c1-12-10-14(20-2)8-9-15(12)18(19)17-11-13-6-4-3-5-7-16(13)21-17/h8-11,18H,3-7,19H2,1-2H3. The van der Waals surface area contributed by atoms with Crippen LogP contribution in [0.3, 0.4) is 0 Å². The third kappa shape index (κ3) is 2.99. The Kier molecular flexibility index (Phi) is 4.32. The minimum absolute atomic E-state index is 0.0205. The van der Waals surface area contributed by atoms with E-state index >= 15 is 0 Å². The number of thiophene rings is 1. The Hall–Kier alpha value is -1.32. The monoisotopic (exact) mass is 301 g/mol. The maximum Gasteiger partial charge on any atom is 0.119 e. The summed E-state index contributed by atoms with van der Waals surface area (Å²) >= 11 is 1.91. The van der Waals surface area contributed by atoms with Gasteiger partial charge in [-0.2, -0.15) is 0 Å². The smallest absolute Gasteiger partial charge is 0.119 e. The number of rotatable bonds is 3. The predicted molar refractivity (Wildman–Crippen MR) is 89.3 cm³/mol. The summed E-state index contributed by atoms with van der Waals surface area (Å²) < 4.78 is 5.28. The molecule has 0 radical (unpaired) electrons. The number of ether oxygens (including phenoxy) is 1. The van der Waals surface area contributed by atoms with Crippen molar-refractivity contribution in [1.29, 1.82) is 0 Å². The van der Waals surface area contributed by atoms with Gasteiger partial charge in [0.15, 0.2) is 0 Å². The number of hydrogen-bond donors (Lipinski definition) is 1. The Balaban J connectivity index is 1.90. The highest BCUT2D eigenvalue weighted by molar-refractivity contribution is 7.12. The fourth-order valence-corrected chi connectivity index (χ4v) is 4.40. The summed E-state index contributed by atoms with van der Waals surface area (Å²) in [7, 11) is 1.70. The number of fused-ring (bicyclic) bond motifs is 1. The Morgan fingerprint density at radius 3 is 2.71 bits per heavy atom. The maximum atomic E-state index is 6.53. The van der Waals surface area contributed by atoms with Crippen LogP contribution >= 0.6 is 11.3 Å². The second-order valence-electron chi connectivity index (χ2n) is 5.86. The van der Waals surface area contributed by atoms with Crippen molar-refractivity contribution in [3.05, 3.63) is 50.7 Å². The molecule has 1 aliphatic carbocycles. The molecule has 2 N–H and O–H groups in total. The van der Waals surface area contributed by atoms with Crippen molar-refractivity contribution in [2.75, 3.05) is 7.11 Å². The third-order valence-corrected chi connectivity index (χ3v) is 5.70. The molecule has 1 unspecified atom stereocenters. The van der Waals surface area contributed by atoms with Crippen molar-refractivity contribution >= 4 is 11.3 Å². The van der Waals surface area contributed by atoms with Crippen LogP contribution in [0.5, 0.6) is 5.75 Å². The molecule has 0 aliphatic heterocycles. The molecule has 3 rings (SSSR count). The summed E-state index contributed by atoms with van der Waals surface area (Å²) in [5.41, 5.74) is 10.5. The van der Waals surface area contributed by atoms with Gasteiger partial charge >= 0.3 is 0 Å². The highest BCUT2D eigenvalue weighted by Crippen LogP contribution is 2.35. The molecular weight excluding hydrogens is 278 g/mol. The van der Waals surface area contributed by atoms with Gasteiger partial charge in [-0.3, -0.25) is 0 Å². The van der Waals surface area contributed by atoms with Crippen molar-refractivity contribution in [3.63, 3.8) is 0 Å². The van der Waals surface area contributed by atoms with Crippen LogP contribution < -0.4 is 10.5 Å². The lowest BCUT2D eigenvalue weighted by atomic mass is 9.99. The molecule has 0 saturated heterocycles. The van der Waals surface area contributed by atoms with Crippen molar-refractivity contribution in [3.8, 4) is 5.75 Å². The van der Waals surface area contributed by atoms with Crippen LogP contribution in [0.4, 0.5) is 0 Å². The zero-order valence-corrected chi connectivity index (χ0v) is 13.6. The molecule has 1 aliphatic rings. The molecule has 112 valence electrons. The van der Waals surface area contributed by atoms with Gasteiger partial charge in [-0.25, -0.2) is 0 Å². The molecule has 2 aromatic rings. The number of methoxy groups -OCH3 is 1. The van der Waals surface area contributed by atoms with Gasteiger partial charge in [-0.15, -0.1) is 11.3 Å².